The zero-order chi connectivity index (χ0) is 8.43. The number of ketones is 1. The standard InChI is InChI=1S/C8H8BNO/c1-5(11)7-3-2-6(9)4-8(7)10/h2-4H,10H2,1H3. The molecule has 0 saturated carbocycles. The molecule has 2 radical (unpaired) electrons. The molecule has 1 aromatic carbocycles. The van der Waals surface area contributed by atoms with Crippen LogP contribution in [0, 0.1) is 0 Å². The van der Waals surface area contributed by atoms with Crippen molar-refractivity contribution < 1.29 is 4.79 Å². The summed E-state index contributed by atoms with van der Waals surface area (Å²) < 4.78 is 0. The van der Waals surface area contributed by atoms with Crippen molar-refractivity contribution in [3.63, 3.8) is 0 Å². The zero-order valence-electron chi connectivity index (χ0n) is 6.29. The maximum absolute atomic E-state index is 10.9. The fraction of sp³-hybridized carbons (Fsp3) is 0.125. The van der Waals surface area contributed by atoms with Gasteiger partial charge in [0, 0.05) is 11.3 Å². The molecular formula is C8H8BNO. The van der Waals surface area contributed by atoms with Crippen LogP contribution in [0.3, 0.4) is 0 Å². The van der Waals surface area contributed by atoms with Crippen LogP contribution in [-0.2, 0) is 0 Å². The Kier molecular flexibility index (Phi) is 1.99. The van der Waals surface area contributed by atoms with Gasteiger partial charge in [0.25, 0.3) is 0 Å². The van der Waals surface area contributed by atoms with Gasteiger partial charge in [-0.25, -0.2) is 0 Å². The second-order valence-corrected chi connectivity index (χ2v) is 2.40. The minimum Gasteiger partial charge on any atom is -0.398 e. The lowest BCUT2D eigenvalue weighted by Crippen LogP contribution is -2.07. The molecule has 2 nitrogen and oxygen atoms in total. The first-order chi connectivity index (χ1) is 5.11. The quantitative estimate of drug-likeness (QED) is 0.350. The number of nitrogen functional groups attached to an aromatic ring is 1. The van der Waals surface area contributed by atoms with Gasteiger partial charge in [0.1, 0.15) is 7.85 Å². The van der Waals surface area contributed by atoms with Crippen molar-refractivity contribution in [3.8, 4) is 0 Å². The highest BCUT2D eigenvalue weighted by molar-refractivity contribution is 6.32. The lowest BCUT2D eigenvalue weighted by Gasteiger charge is -2.01. The minimum atomic E-state index is -0.0394. The number of hydrogen-bond donors (Lipinski definition) is 1. The Hall–Kier alpha value is -1.25. The fourth-order valence-electron chi connectivity index (χ4n) is 0.902. The largest absolute Gasteiger partial charge is 0.398 e. The average Bonchev–Trinajstić information content (AvgIpc) is 1.85. The first-order valence-electron chi connectivity index (χ1n) is 3.27. The molecule has 1 rings (SSSR count). The van der Waals surface area contributed by atoms with Crippen LogP contribution < -0.4 is 11.2 Å². The van der Waals surface area contributed by atoms with E-state index in [4.69, 9.17) is 13.6 Å². The molecule has 2 N–H and O–H groups in total. The first-order valence-corrected chi connectivity index (χ1v) is 3.27. The van der Waals surface area contributed by atoms with Gasteiger partial charge in [0.2, 0.25) is 0 Å². The molecule has 54 valence electrons. The van der Waals surface area contributed by atoms with Gasteiger partial charge in [-0.3, -0.25) is 4.79 Å². The van der Waals surface area contributed by atoms with E-state index < -0.39 is 0 Å². The van der Waals surface area contributed by atoms with E-state index >= 15 is 0 Å². The van der Waals surface area contributed by atoms with Crippen molar-refractivity contribution in [1.82, 2.24) is 0 Å². The molecular weight excluding hydrogens is 137 g/mol. The summed E-state index contributed by atoms with van der Waals surface area (Å²) in [6.45, 7) is 1.47. The van der Waals surface area contributed by atoms with Crippen LogP contribution in [0.4, 0.5) is 5.69 Å². The maximum atomic E-state index is 10.9. The number of hydrogen-bond acceptors (Lipinski definition) is 2. The van der Waals surface area contributed by atoms with Crippen molar-refractivity contribution in [3.05, 3.63) is 23.8 Å². The summed E-state index contributed by atoms with van der Waals surface area (Å²) in [5.74, 6) is -0.0394. The Balaban J connectivity index is 3.20. The third-order valence-electron chi connectivity index (χ3n) is 1.45. The molecule has 0 bridgehead atoms. The summed E-state index contributed by atoms with van der Waals surface area (Å²) in [5.41, 5.74) is 7.07. The van der Waals surface area contributed by atoms with E-state index in [0.717, 1.165) is 0 Å². The molecule has 0 amide bonds. The zero-order valence-corrected chi connectivity index (χ0v) is 6.29. The van der Waals surface area contributed by atoms with E-state index in [1.165, 1.54) is 6.92 Å². The van der Waals surface area contributed by atoms with Crippen molar-refractivity contribution in [2.75, 3.05) is 5.73 Å². The van der Waals surface area contributed by atoms with Gasteiger partial charge in [-0.15, -0.1) is 0 Å². The molecule has 1 aromatic rings. The van der Waals surface area contributed by atoms with Crippen LogP contribution in [0.1, 0.15) is 17.3 Å². The highest BCUT2D eigenvalue weighted by Gasteiger charge is 2.02. The molecule has 0 aromatic heterocycles. The van der Waals surface area contributed by atoms with Gasteiger partial charge >= 0.3 is 0 Å². The smallest absolute Gasteiger partial charge is 0.161 e. The van der Waals surface area contributed by atoms with E-state index in [-0.39, 0.29) is 5.78 Å². The summed E-state index contributed by atoms with van der Waals surface area (Å²) in [6.07, 6.45) is 0. The molecule has 0 unspecified atom stereocenters. The molecule has 0 fully saturated rings. The second-order valence-electron chi connectivity index (χ2n) is 2.40. The van der Waals surface area contributed by atoms with Crippen LogP contribution in [0.25, 0.3) is 0 Å². The van der Waals surface area contributed by atoms with Gasteiger partial charge in [0.05, 0.1) is 0 Å². The van der Waals surface area contributed by atoms with Crippen molar-refractivity contribution in [1.29, 1.82) is 0 Å². The Bertz CT molecular complexity index is 296. The minimum absolute atomic E-state index is 0.0394. The van der Waals surface area contributed by atoms with E-state index in [1.807, 2.05) is 0 Å². The SMILES string of the molecule is [B]c1ccc(C(C)=O)c(N)c1. The van der Waals surface area contributed by atoms with Crippen LogP contribution >= 0.6 is 0 Å². The van der Waals surface area contributed by atoms with Crippen molar-refractivity contribution >= 4 is 24.8 Å². The summed E-state index contributed by atoms with van der Waals surface area (Å²) in [6, 6.07) is 4.87. The van der Waals surface area contributed by atoms with Crippen LogP contribution in [0.5, 0.6) is 0 Å². The lowest BCUT2D eigenvalue weighted by atomic mass is 9.93. The van der Waals surface area contributed by atoms with Gasteiger partial charge in [-0.05, 0) is 19.1 Å². The molecule has 0 spiro atoms. The molecule has 11 heavy (non-hydrogen) atoms. The predicted octanol–water partition coefficient (Wildman–Crippen LogP) is 0.265. The number of nitrogens with two attached hydrogens (primary N) is 1. The molecule has 0 aliphatic rings. The molecule has 0 aliphatic heterocycles. The van der Waals surface area contributed by atoms with E-state index in [1.54, 1.807) is 18.2 Å². The van der Waals surface area contributed by atoms with Gasteiger partial charge < -0.3 is 5.73 Å². The second kappa shape index (κ2) is 2.78. The van der Waals surface area contributed by atoms with Gasteiger partial charge in [0.15, 0.2) is 5.78 Å². The molecule has 0 aliphatic carbocycles. The number of carbonyl (C=O) groups excluding carboxylic acids is 1. The highest BCUT2D eigenvalue weighted by Crippen LogP contribution is 2.08. The van der Waals surface area contributed by atoms with Crippen LogP contribution in [0.2, 0.25) is 0 Å². The number of anilines is 1. The highest BCUT2D eigenvalue weighted by atomic mass is 16.1. The van der Waals surface area contributed by atoms with E-state index in [9.17, 15) is 4.79 Å². The van der Waals surface area contributed by atoms with E-state index in [0.29, 0.717) is 16.7 Å². The molecule has 0 saturated heterocycles. The Morgan fingerprint density at radius 2 is 2.18 bits per heavy atom. The number of Topliss-reactive ketones (excluding diaryl/α,β-unsaturated/α-hetero) is 1. The average molecular weight is 145 g/mol. The molecule has 0 atom stereocenters. The fourth-order valence-corrected chi connectivity index (χ4v) is 0.902. The summed E-state index contributed by atoms with van der Waals surface area (Å²) in [4.78, 5) is 10.9. The van der Waals surface area contributed by atoms with Crippen LogP contribution in [0.15, 0.2) is 18.2 Å². The van der Waals surface area contributed by atoms with Crippen LogP contribution in [-0.4, -0.2) is 13.6 Å². The summed E-state index contributed by atoms with van der Waals surface area (Å²) in [7, 11) is 5.44. The number of rotatable bonds is 1. The van der Waals surface area contributed by atoms with Gasteiger partial charge in [-0.2, -0.15) is 0 Å². The monoisotopic (exact) mass is 145 g/mol. The Morgan fingerprint density at radius 1 is 1.55 bits per heavy atom. The maximum Gasteiger partial charge on any atom is 0.161 e. The third kappa shape index (κ3) is 1.61. The Morgan fingerprint density at radius 3 is 2.64 bits per heavy atom. The lowest BCUT2D eigenvalue weighted by molar-refractivity contribution is 0.101. The third-order valence-corrected chi connectivity index (χ3v) is 1.45. The van der Waals surface area contributed by atoms with Crippen molar-refractivity contribution in [2.24, 2.45) is 0 Å². The predicted molar refractivity (Wildman–Crippen MR) is 46.2 cm³/mol. The molecule has 3 heteroatoms. The topological polar surface area (TPSA) is 43.1 Å². The van der Waals surface area contributed by atoms with Gasteiger partial charge in [-0.1, -0.05) is 11.5 Å². The Labute approximate surface area is 66.8 Å². The van der Waals surface area contributed by atoms with E-state index in [2.05, 4.69) is 0 Å². The summed E-state index contributed by atoms with van der Waals surface area (Å²) in [5, 5.41) is 0. The number of benzene rings is 1. The normalized spacial score (nSPS) is 9.55. The number of carbonyl (C=O) groups is 1. The molecule has 0 heterocycles. The summed E-state index contributed by atoms with van der Waals surface area (Å²) >= 11 is 0. The van der Waals surface area contributed by atoms with Crippen molar-refractivity contribution in [2.45, 2.75) is 6.92 Å². The first kappa shape index (κ1) is 7.86.